The largest absolute Gasteiger partial charge is 0.490 e. The highest BCUT2D eigenvalue weighted by atomic mass is 79.9. The maximum absolute atomic E-state index is 13.6. The molecule has 0 radical (unpaired) electrons. The van der Waals surface area contributed by atoms with E-state index in [2.05, 4.69) is 40.9 Å². The van der Waals surface area contributed by atoms with Crippen LogP contribution in [0.5, 0.6) is 5.75 Å². The molecule has 0 fully saturated rings. The molecule has 1 atom stereocenters. The fourth-order valence-electron chi connectivity index (χ4n) is 3.54. The number of nitrogens with zero attached hydrogens (tertiary/aromatic N) is 3. The summed E-state index contributed by atoms with van der Waals surface area (Å²) in [5, 5.41) is 2.42. The zero-order valence-corrected chi connectivity index (χ0v) is 23.7. The number of rotatable bonds is 9. The van der Waals surface area contributed by atoms with Gasteiger partial charge in [-0.15, -0.1) is 0 Å². The van der Waals surface area contributed by atoms with Crippen molar-refractivity contribution in [2.75, 3.05) is 19.0 Å². The van der Waals surface area contributed by atoms with Crippen LogP contribution < -0.4 is 15.8 Å². The lowest BCUT2D eigenvalue weighted by atomic mass is 9.93. The molecule has 3 rings (SSSR count). The van der Waals surface area contributed by atoms with E-state index < -0.39 is 41.7 Å². The molecule has 226 valence electrons. The summed E-state index contributed by atoms with van der Waals surface area (Å²) >= 11 is 2.85. The molecule has 1 amide bonds. The Kier molecular flexibility index (Phi) is 14.0. The van der Waals surface area contributed by atoms with Crippen LogP contribution >= 0.6 is 15.9 Å². The Morgan fingerprint density at radius 2 is 1.73 bits per heavy atom. The molecule has 8 nitrogen and oxygen atoms in total. The van der Waals surface area contributed by atoms with Gasteiger partial charge in [0.2, 0.25) is 0 Å². The Labute approximate surface area is 244 Å². The molecule has 3 heterocycles. The highest BCUT2D eigenvalue weighted by molar-refractivity contribution is 9.10. The van der Waals surface area contributed by atoms with Crippen LogP contribution in [0.2, 0.25) is 0 Å². The summed E-state index contributed by atoms with van der Waals surface area (Å²) in [6, 6.07) is 8.33. The number of amides is 1. The molecule has 3 N–H and O–H groups in total. The number of pyridine rings is 3. The van der Waals surface area contributed by atoms with Crippen LogP contribution in [-0.4, -0.2) is 40.3 Å². The first-order chi connectivity index (χ1) is 18.7. The van der Waals surface area contributed by atoms with Crippen molar-refractivity contribution in [3.8, 4) is 17.0 Å². The summed E-state index contributed by atoms with van der Waals surface area (Å²) in [5.74, 6) is -0.430. The summed E-state index contributed by atoms with van der Waals surface area (Å²) in [6.07, 6.45) is -4.26. The second kappa shape index (κ2) is 16.2. The van der Waals surface area contributed by atoms with E-state index in [1.807, 2.05) is 20.8 Å². The molecule has 0 saturated carbocycles. The first-order valence-electron chi connectivity index (χ1n) is 11.8. The van der Waals surface area contributed by atoms with Crippen LogP contribution in [0.25, 0.3) is 11.3 Å². The Balaban J connectivity index is 0.000000588. The number of carbonyl (C=O) groups is 1. The molecule has 0 aliphatic rings. The van der Waals surface area contributed by atoms with E-state index in [1.54, 1.807) is 12.1 Å². The van der Waals surface area contributed by atoms with Crippen molar-refractivity contribution in [2.24, 2.45) is 11.7 Å². The van der Waals surface area contributed by atoms with Gasteiger partial charge in [-0.05, 0) is 71.6 Å². The average molecular weight is 650 g/mol. The Morgan fingerprint density at radius 3 is 2.29 bits per heavy atom. The van der Waals surface area contributed by atoms with Crippen molar-refractivity contribution in [3.63, 3.8) is 0 Å². The van der Waals surface area contributed by atoms with Crippen LogP contribution in [0.4, 0.5) is 32.6 Å². The highest BCUT2D eigenvalue weighted by Crippen LogP contribution is 2.31. The first kappa shape index (κ1) is 35.6. The Hall–Kier alpha value is -3.39. The number of nitrogens with two attached hydrogens (primary N) is 1. The molecule has 0 aliphatic heterocycles. The number of nitrogens with one attached hydrogen (secondary N) is 1. The molecule has 0 aromatic carbocycles. The number of carbonyl (C=O) groups excluding carboxylic acids is 1. The number of hydrogen-bond donors (Lipinski definition) is 2. The molecule has 3 aromatic heterocycles. The van der Waals surface area contributed by atoms with Crippen LogP contribution in [0.15, 0.2) is 47.2 Å². The second-order valence-electron chi connectivity index (χ2n) is 9.27. The lowest BCUT2D eigenvalue weighted by molar-refractivity contribution is 0.134. The molecule has 0 spiro atoms. The van der Waals surface area contributed by atoms with E-state index in [-0.39, 0.29) is 30.2 Å². The van der Waals surface area contributed by atoms with Gasteiger partial charge in [0, 0.05) is 17.3 Å². The quantitative estimate of drug-likeness (QED) is 0.179. The number of anilines is 1. The van der Waals surface area contributed by atoms with Crippen molar-refractivity contribution in [3.05, 3.63) is 64.4 Å². The van der Waals surface area contributed by atoms with Gasteiger partial charge in [0.25, 0.3) is 12.9 Å². The van der Waals surface area contributed by atoms with Crippen molar-refractivity contribution >= 4 is 27.8 Å². The van der Waals surface area contributed by atoms with Crippen molar-refractivity contribution in [1.29, 1.82) is 0 Å². The molecule has 0 bridgehead atoms. The molecule has 0 unspecified atom stereocenters. The van der Waals surface area contributed by atoms with Gasteiger partial charge in [0.05, 0.1) is 12.8 Å². The molecule has 3 aromatic rings. The number of hydrogen-bond acceptors (Lipinski definition) is 7. The maximum atomic E-state index is 13.6. The third-order valence-electron chi connectivity index (χ3n) is 5.04. The van der Waals surface area contributed by atoms with Gasteiger partial charge in [-0.3, -0.25) is 5.32 Å². The van der Waals surface area contributed by atoms with Crippen LogP contribution in [0.1, 0.15) is 58.9 Å². The normalized spacial score (nSPS) is 12.2. The number of halogens is 6. The van der Waals surface area contributed by atoms with E-state index in [4.69, 9.17) is 10.5 Å². The maximum Gasteiger partial charge on any atom is 0.412 e. The van der Waals surface area contributed by atoms with Gasteiger partial charge in [0.1, 0.15) is 34.2 Å². The van der Waals surface area contributed by atoms with Gasteiger partial charge < -0.3 is 15.2 Å². The fraction of sp³-hybridized carbons (Fsp3) is 0.407. The first-order valence-corrected chi connectivity index (χ1v) is 12.6. The van der Waals surface area contributed by atoms with Crippen LogP contribution in [0, 0.1) is 11.7 Å². The highest BCUT2D eigenvalue weighted by Gasteiger charge is 2.24. The van der Waals surface area contributed by atoms with Gasteiger partial charge in [0.15, 0.2) is 5.82 Å². The molecule has 14 heteroatoms. The summed E-state index contributed by atoms with van der Waals surface area (Å²) in [6.45, 7) is 5.98. The number of methoxy groups -OCH3 is 1. The minimum atomic E-state index is -2.87. The SMILES string of the molecule is C.COC(=O)Nc1cc(-c2ccc(OC[C@@](C)(N)CC(C)C)c(C(F)F)n2)ccn1.Fc1ccc(Br)nc1C(F)F. The zero-order chi connectivity index (χ0) is 30.0. The van der Waals surface area contributed by atoms with Gasteiger partial charge in [-0.2, -0.15) is 0 Å². The summed E-state index contributed by atoms with van der Waals surface area (Å²) < 4.78 is 73.7. The molecule has 41 heavy (non-hydrogen) atoms. The number of alkyl halides is 4. The molecular formula is C27H33BrF5N5O3. The third-order valence-corrected chi connectivity index (χ3v) is 5.48. The summed E-state index contributed by atoms with van der Waals surface area (Å²) in [7, 11) is 1.22. The predicted octanol–water partition coefficient (Wildman–Crippen LogP) is 7.96. The van der Waals surface area contributed by atoms with E-state index in [0.717, 1.165) is 6.07 Å². The standard InChI is InChI=1S/C20H26F2N4O3.C6H3BrF3N.CH4/c1-12(2)10-20(3,23)11-29-15-6-5-14(25-17(15)18(21)22)13-7-8-24-16(9-13)26-19(27)28-4;7-4-2-1-3(8)5(11-4)6(9)10;/h5-9,12,18H,10-11,23H2,1-4H3,(H,24,26,27);1-2,6H;1H4/t20-;;/m0../s1. The number of aromatic nitrogens is 3. The van der Waals surface area contributed by atoms with E-state index >= 15 is 0 Å². The third kappa shape index (κ3) is 11.6. The van der Waals surface area contributed by atoms with Crippen molar-refractivity contribution < 1.29 is 36.2 Å². The minimum Gasteiger partial charge on any atom is -0.490 e. The summed E-state index contributed by atoms with van der Waals surface area (Å²) in [4.78, 5) is 22.6. The Morgan fingerprint density at radius 1 is 1.07 bits per heavy atom. The van der Waals surface area contributed by atoms with Gasteiger partial charge in [-0.1, -0.05) is 21.3 Å². The van der Waals surface area contributed by atoms with Crippen molar-refractivity contribution in [2.45, 2.75) is 53.0 Å². The fourth-order valence-corrected chi connectivity index (χ4v) is 3.86. The molecule has 0 aliphatic carbocycles. The lowest BCUT2D eigenvalue weighted by Crippen LogP contribution is -2.43. The smallest absolute Gasteiger partial charge is 0.412 e. The zero-order valence-electron chi connectivity index (χ0n) is 22.1. The molecule has 0 saturated heterocycles. The van der Waals surface area contributed by atoms with Crippen LogP contribution in [-0.2, 0) is 4.74 Å². The predicted molar refractivity (Wildman–Crippen MR) is 150 cm³/mol. The van der Waals surface area contributed by atoms with E-state index in [9.17, 15) is 26.7 Å². The number of ether oxygens (including phenoxy) is 2. The average Bonchev–Trinajstić information content (AvgIpc) is 2.88. The lowest BCUT2D eigenvalue weighted by Gasteiger charge is -2.27. The summed E-state index contributed by atoms with van der Waals surface area (Å²) in [5.41, 5.74) is 5.05. The van der Waals surface area contributed by atoms with Gasteiger partial charge >= 0.3 is 6.09 Å². The van der Waals surface area contributed by atoms with E-state index in [1.165, 1.54) is 31.5 Å². The monoisotopic (exact) mass is 649 g/mol. The topological polar surface area (TPSA) is 112 Å². The molecular weight excluding hydrogens is 617 g/mol. The second-order valence-corrected chi connectivity index (χ2v) is 10.1. The van der Waals surface area contributed by atoms with Gasteiger partial charge in [-0.25, -0.2) is 41.7 Å². The van der Waals surface area contributed by atoms with E-state index in [0.29, 0.717) is 23.6 Å². The van der Waals surface area contributed by atoms with Crippen LogP contribution in [0.3, 0.4) is 0 Å². The Bertz CT molecular complexity index is 1280. The minimum absolute atomic E-state index is 0. The van der Waals surface area contributed by atoms with Crippen molar-refractivity contribution in [1.82, 2.24) is 15.0 Å².